The molecule has 14 nitrogen and oxygen atoms in total. The molecule has 0 saturated carbocycles. The van der Waals surface area contributed by atoms with Gasteiger partial charge in [0.2, 0.25) is 0 Å². The molecular formula is C39H58N4O10. The van der Waals surface area contributed by atoms with Crippen molar-refractivity contribution in [3.63, 3.8) is 0 Å². The van der Waals surface area contributed by atoms with Crippen LogP contribution in [0.1, 0.15) is 91.4 Å². The van der Waals surface area contributed by atoms with Crippen LogP contribution in [0.25, 0.3) is 10.4 Å². The Kier molecular flexibility index (Phi) is 15.4. The number of aliphatic hydroxyl groups is 1. The molecule has 3 rings (SSSR count). The molecular weight excluding hydrogens is 684 g/mol. The zero-order chi connectivity index (χ0) is 39.8. The number of azide groups is 1. The maximum absolute atomic E-state index is 14.4. The Morgan fingerprint density at radius 3 is 2.28 bits per heavy atom. The summed E-state index contributed by atoms with van der Waals surface area (Å²) in [7, 11) is 5.17. The summed E-state index contributed by atoms with van der Waals surface area (Å²) in [4.78, 5) is 60.6. The molecule has 1 fully saturated rings. The molecule has 2 aliphatic rings. The molecule has 2 heterocycles. The van der Waals surface area contributed by atoms with Crippen LogP contribution in [-0.4, -0.2) is 109 Å². The number of rotatable bonds is 10. The van der Waals surface area contributed by atoms with E-state index < -0.39 is 77.1 Å². The lowest BCUT2D eigenvalue weighted by Crippen LogP contribution is -2.60. The zero-order valence-electron chi connectivity index (χ0n) is 33.0. The number of nitrogens with zero attached hydrogens (tertiary/aromatic N) is 4. The van der Waals surface area contributed by atoms with Gasteiger partial charge < -0.3 is 33.7 Å². The standard InChI is InChI=1S/C39H58N4O10/c1-12-28-27(21-41-42-40)31(44)22(3)20-38(7,49-11)34(24(5)32(45)25(6)35(46)51-30(13-2)39(28,8)48)53-37-33(29(43(9)10)19-23(4)50-37)52-36(47)26-17-15-14-16-18-26/h14-18,22-25,29-30,33-34,37,48H,12-13,19-21H2,1-11H3/t22-,23-,24+,25-,29+,30-,33-,34-,37+,38+,39+/m1/s1. The molecule has 0 aromatic heterocycles. The van der Waals surface area contributed by atoms with E-state index in [0.29, 0.717) is 12.0 Å². The predicted molar refractivity (Wildman–Crippen MR) is 197 cm³/mol. The highest BCUT2D eigenvalue weighted by Gasteiger charge is 2.51. The molecule has 0 bridgehead atoms. The van der Waals surface area contributed by atoms with Gasteiger partial charge in [-0.15, -0.1) is 0 Å². The fourth-order valence-electron chi connectivity index (χ4n) is 7.77. The molecule has 2 aliphatic heterocycles. The Labute approximate surface area is 313 Å². The number of carbonyl (C=O) groups is 4. The Hall–Kier alpha value is -3.65. The zero-order valence-corrected chi connectivity index (χ0v) is 33.0. The highest BCUT2D eigenvalue weighted by molar-refractivity contribution is 6.00. The molecule has 1 N–H and O–H groups in total. The van der Waals surface area contributed by atoms with E-state index in [1.807, 2.05) is 25.9 Å². The van der Waals surface area contributed by atoms with E-state index in [1.165, 1.54) is 21.0 Å². The van der Waals surface area contributed by atoms with E-state index in [-0.39, 0.29) is 49.1 Å². The smallest absolute Gasteiger partial charge is 0.338 e. The third-order valence-electron chi connectivity index (χ3n) is 10.9. The lowest BCUT2D eigenvalue weighted by molar-refractivity contribution is -0.294. The van der Waals surface area contributed by atoms with Crippen molar-refractivity contribution in [3.8, 4) is 0 Å². The first kappa shape index (κ1) is 43.8. The predicted octanol–water partition coefficient (Wildman–Crippen LogP) is 5.61. The summed E-state index contributed by atoms with van der Waals surface area (Å²) < 4.78 is 31.3. The second kappa shape index (κ2) is 18.6. The van der Waals surface area contributed by atoms with E-state index in [9.17, 15) is 29.8 Å². The molecule has 1 aromatic rings. The number of cyclic esters (lactones) is 1. The molecule has 1 aromatic carbocycles. The summed E-state index contributed by atoms with van der Waals surface area (Å²) in [5.41, 5.74) is 6.73. The third-order valence-corrected chi connectivity index (χ3v) is 10.9. The molecule has 14 heteroatoms. The monoisotopic (exact) mass is 742 g/mol. The molecule has 53 heavy (non-hydrogen) atoms. The first-order valence-corrected chi connectivity index (χ1v) is 18.4. The first-order chi connectivity index (χ1) is 24.9. The number of esters is 2. The summed E-state index contributed by atoms with van der Waals surface area (Å²) >= 11 is 0. The quantitative estimate of drug-likeness (QED) is 0.103. The largest absolute Gasteiger partial charge is 0.458 e. The van der Waals surface area contributed by atoms with Gasteiger partial charge in [0.15, 0.2) is 24.0 Å². The minimum Gasteiger partial charge on any atom is -0.458 e. The van der Waals surface area contributed by atoms with E-state index in [0.717, 1.165) is 0 Å². The summed E-state index contributed by atoms with van der Waals surface area (Å²) in [6, 6.07) is 8.20. The number of ether oxygens (including phenoxy) is 5. The van der Waals surface area contributed by atoms with Gasteiger partial charge in [0, 0.05) is 29.4 Å². The normalized spacial score (nSPS) is 35.0. The fraction of sp³-hybridized carbons (Fsp3) is 0.692. The minimum atomic E-state index is -1.83. The average Bonchev–Trinajstić information content (AvgIpc) is 3.13. The Morgan fingerprint density at radius 2 is 1.74 bits per heavy atom. The second-order valence-electron chi connectivity index (χ2n) is 15.0. The SMILES string of the molecule is CCC1=C(CN=[N+]=[N-])C(=O)[C@H](C)C[C@](C)(OC)[C@H](O[C@@H]2O[C@H](C)C[C@H](N(C)C)[C@H]2OC(=O)c2ccccc2)[C@@H](C)C(=O)[C@@H](C)C(=O)O[C@H](CC)[C@@]1(C)O. The number of hydrogen-bond acceptors (Lipinski definition) is 12. The van der Waals surface area contributed by atoms with Crippen molar-refractivity contribution >= 4 is 23.5 Å². The van der Waals surface area contributed by atoms with Gasteiger partial charge in [-0.25, -0.2) is 4.79 Å². The molecule has 0 amide bonds. The number of ketones is 2. The Bertz CT molecular complexity index is 1540. The highest BCUT2D eigenvalue weighted by Crippen LogP contribution is 2.39. The third kappa shape index (κ3) is 9.92. The average molecular weight is 743 g/mol. The first-order valence-electron chi connectivity index (χ1n) is 18.4. The lowest BCUT2D eigenvalue weighted by Gasteiger charge is -2.47. The van der Waals surface area contributed by atoms with Crippen molar-refractivity contribution in [1.29, 1.82) is 0 Å². The van der Waals surface area contributed by atoms with Gasteiger partial charge in [-0.2, -0.15) is 0 Å². The minimum absolute atomic E-state index is 0.00735. The van der Waals surface area contributed by atoms with Gasteiger partial charge in [0.05, 0.1) is 36.0 Å². The van der Waals surface area contributed by atoms with Gasteiger partial charge in [0.1, 0.15) is 17.6 Å². The van der Waals surface area contributed by atoms with Gasteiger partial charge >= 0.3 is 11.9 Å². The van der Waals surface area contributed by atoms with E-state index >= 15 is 0 Å². The molecule has 11 atom stereocenters. The van der Waals surface area contributed by atoms with Crippen molar-refractivity contribution in [2.75, 3.05) is 27.7 Å². The van der Waals surface area contributed by atoms with E-state index in [4.69, 9.17) is 23.7 Å². The van der Waals surface area contributed by atoms with Crippen LogP contribution >= 0.6 is 0 Å². The van der Waals surface area contributed by atoms with Gasteiger partial charge in [-0.05, 0) is 90.7 Å². The number of hydrogen-bond donors (Lipinski definition) is 1. The van der Waals surface area contributed by atoms with Crippen molar-refractivity contribution in [2.24, 2.45) is 22.9 Å². The summed E-state index contributed by atoms with van der Waals surface area (Å²) in [5, 5.41) is 15.6. The number of likely N-dealkylation sites (N-methyl/N-ethyl adjacent to an activating group) is 1. The second-order valence-corrected chi connectivity index (χ2v) is 15.0. The number of methoxy groups -OCH3 is 1. The van der Waals surface area contributed by atoms with Crippen LogP contribution in [-0.2, 0) is 38.1 Å². The van der Waals surface area contributed by atoms with Crippen molar-refractivity contribution < 1.29 is 48.0 Å². The van der Waals surface area contributed by atoms with Crippen LogP contribution in [0.3, 0.4) is 0 Å². The lowest BCUT2D eigenvalue weighted by atomic mass is 9.75. The summed E-state index contributed by atoms with van der Waals surface area (Å²) in [6.45, 7) is 12.9. The maximum Gasteiger partial charge on any atom is 0.338 e. The van der Waals surface area contributed by atoms with Crippen molar-refractivity contribution in [2.45, 2.75) is 129 Å². The van der Waals surface area contributed by atoms with Crippen molar-refractivity contribution in [1.82, 2.24) is 4.90 Å². The van der Waals surface area contributed by atoms with E-state index in [1.54, 1.807) is 65.0 Å². The van der Waals surface area contributed by atoms with Crippen LogP contribution < -0.4 is 0 Å². The molecule has 0 radical (unpaired) electrons. The van der Waals surface area contributed by atoms with Crippen LogP contribution in [0.15, 0.2) is 46.6 Å². The fourth-order valence-corrected chi connectivity index (χ4v) is 7.77. The Morgan fingerprint density at radius 1 is 1.09 bits per heavy atom. The molecule has 0 unspecified atom stereocenters. The van der Waals surface area contributed by atoms with Crippen LogP contribution in [0, 0.1) is 17.8 Å². The van der Waals surface area contributed by atoms with Crippen LogP contribution in [0.2, 0.25) is 0 Å². The van der Waals surface area contributed by atoms with Crippen LogP contribution in [0.5, 0.6) is 0 Å². The molecule has 294 valence electrons. The highest BCUT2D eigenvalue weighted by atomic mass is 16.7. The number of carbonyl (C=O) groups excluding carboxylic acids is 4. The van der Waals surface area contributed by atoms with Gasteiger partial charge in [-0.1, -0.05) is 51.0 Å². The molecule has 1 saturated heterocycles. The summed E-state index contributed by atoms with van der Waals surface area (Å²) in [6.07, 6.45) is -3.89. The number of Topliss-reactive ketones (excluding diaryl/α,β-unsaturated/α-hetero) is 2. The Balaban J connectivity index is 2.22. The summed E-state index contributed by atoms with van der Waals surface area (Å²) in [5.74, 6) is -5.50. The van der Waals surface area contributed by atoms with E-state index in [2.05, 4.69) is 10.0 Å². The topological polar surface area (TPSA) is 187 Å². The van der Waals surface area contributed by atoms with Crippen molar-refractivity contribution in [3.05, 3.63) is 57.5 Å². The maximum atomic E-state index is 14.4. The molecule has 0 aliphatic carbocycles. The molecule has 0 spiro atoms. The number of benzene rings is 1. The van der Waals surface area contributed by atoms with Crippen LogP contribution in [0.4, 0.5) is 0 Å². The van der Waals surface area contributed by atoms with Gasteiger partial charge in [-0.3, -0.25) is 14.4 Å². The van der Waals surface area contributed by atoms with Gasteiger partial charge in [0.25, 0.3) is 0 Å².